The van der Waals surface area contributed by atoms with E-state index in [0.717, 1.165) is 11.8 Å². The van der Waals surface area contributed by atoms with E-state index < -0.39 is 20.8 Å². The molecule has 3 N–H and O–H groups in total. The Morgan fingerprint density at radius 2 is 2.31 bits per heavy atom. The van der Waals surface area contributed by atoms with Gasteiger partial charge in [0.2, 0.25) is 4.71 Å². The van der Waals surface area contributed by atoms with Crippen LogP contribution in [0.15, 0.2) is 11.1 Å². The monoisotopic (exact) mass is 225 g/mol. The summed E-state index contributed by atoms with van der Waals surface area (Å²) in [7, 11) is -4.16. The fraction of sp³-hybridized carbons (Fsp3) is 0.400. The maximum atomic E-state index is 10.6. The first-order chi connectivity index (χ1) is 5.89. The predicted molar refractivity (Wildman–Crippen MR) is 46.4 cm³/mol. The largest absolute Gasteiger partial charge is 0.481 e. The van der Waals surface area contributed by atoms with Gasteiger partial charge in [0, 0.05) is 5.70 Å². The predicted octanol–water partition coefficient (Wildman–Crippen LogP) is -0.190. The molecule has 8 heteroatoms. The van der Waals surface area contributed by atoms with E-state index >= 15 is 0 Å². The fourth-order valence-corrected chi connectivity index (χ4v) is 2.45. The molecule has 0 bridgehead atoms. The second-order valence-corrected chi connectivity index (χ2v) is 5.12. The quantitative estimate of drug-likeness (QED) is 0.572. The van der Waals surface area contributed by atoms with Crippen LogP contribution in [0.5, 0.6) is 0 Å². The van der Waals surface area contributed by atoms with Crippen molar-refractivity contribution in [3.63, 3.8) is 0 Å². The van der Waals surface area contributed by atoms with E-state index in [2.05, 4.69) is 5.32 Å². The van der Waals surface area contributed by atoms with Crippen LogP contribution in [0.4, 0.5) is 0 Å². The molecule has 1 heterocycles. The van der Waals surface area contributed by atoms with Crippen LogP contribution in [-0.4, -0.2) is 28.8 Å². The Kier molecular flexibility index (Phi) is 2.84. The van der Waals surface area contributed by atoms with Crippen LogP contribution in [0, 0.1) is 0 Å². The summed E-state index contributed by atoms with van der Waals surface area (Å²) in [5.41, 5.74) is 0.278. The number of hydrogen-bond donors (Lipinski definition) is 3. The molecule has 0 fully saturated rings. The Hall–Kier alpha value is -0.730. The van der Waals surface area contributed by atoms with Crippen LogP contribution in [-0.2, 0) is 14.9 Å². The molecule has 0 aliphatic carbocycles. The Balaban J connectivity index is 2.57. The zero-order chi connectivity index (χ0) is 10.1. The summed E-state index contributed by atoms with van der Waals surface area (Å²) in [6.07, 6.45) is -0.279. The highest BCUT2D eigenvalue weighted by Gasteiger charge is 2.28. The van der Waals surface area contributed by atoms with Gasteiger partial charge in [-0.25, -0.2) is 0 Å². The van der Waals surface area contributed by atoms with Crippen LogP contribution in [0.2, 0.25) is 0 Å². The van der Waals surface area contributed by atoms with Crippen molar-refractivity contribution in [2.24, 2.45) is 0 Å². The van der Waals surface area contributed by atoms with Crippen LogP contribution < -0.4 is 5.32 Å². The second kappa shape index (κ2) is 3.56. The Bertz CT molecular complexity index is 346. The van der Waals surface area contributed by atoms with Gasteiger partial charge in [0.15, 0.2) is 0 Å². The van der Waals surface area contributed by atoms with E-state index in [0.29, 0.717) is 0 Å². The number of carbonyl (C=O) groups is 1. The van der Waals surface area contributed by atoms with E-state index in [-0.39, 0.29) is 12.1 Å². The highest BCUT2D eigenvalue weighted by Crippen LogP contribution is 2.25. The lowest BCUT2D eigenvalue weighted by atomic mass is 10.3. The molecule has 0 saturated heterocycles. The van der Waals surface area contributed by atoms with E-state index in [9.17, 15) is 13.2 Å². The van der Waals surface area contributed by atoms with Gasteiger partial charge in [-0.05, 0) is 5.41 Å². The Labute approximate surface area is 78.8 Å². The number of carboxylic acids is 1. The zero-order valence-corrected chi connectivity index (χ0v) is 7.93. The average molecular weight is 225 g/mol. The van der Waals surface area contributed by atoms with Gasteiger partial charge in [0.25, 0.3) is 10.1 Å². The van der Waals surface area contributed by atoms with Crippen molar-refractivity contribution in [2.75, 3.05) is 0 Å². The molecule has 0 spiro atoms. The summed E-state index contributed by atoms with van der Waals surface area (Å²) in [6.45, 7) is 0. The van der Waals surface area contributed by atoms with E-state index in [1.807, 2.05) is 0 Å². The Morgan fingerprint density at radius 1 is 1.69 bits per heavy atom. The Morgan fingerprint density at radius 3 is 2.69 bits per heavy atom. The smallest absolute Gasteiger partial charge is 0.309 e. The molecule has 1 aliphatic rings. The molecular weight excluding hydrogens is 218 g/mol. The van der Waals surface area contributed by atoms with Crippen molar-refractivity contribution in [1.29, 1.82) is 0 Å². The van der Waals surface area contributed by atoms with Crippen molar-refractivity contribution in [3.8, 4) is 0 Å². The van der Waals surface area contributed by atoms with Crippen LogP contribution in [0.1, 0.15) is 6.42 Å². The minimum atomic E-state index is -4.16. The molecule has 0 aromatic rings. The number of carboxylic acid groups (broad SMARTS) is 1. The van der Waals surface area contributed by atoms with Gasteiger partial charge in [-0.2, -0.15) is 8.42 Å². The number of hydrogen-bond acceptors (Lipinski definition) is 5. The molecule has 74 valence electrons. The van der Waals surface area contributed by atoms with Gasteiger partial charge in [-0.1, -0.05) is 11.8 Å². The van der Waals surface area contributed by atoms with E-state index in [4.69, 9.17) is 9.66 Å². The molecule has 0 saturated carbocycles. The van der Waals surface area contributed by atoms with Crippen molar-refractivity contribution in [2.45, 2.75) is 11.1 Å². The molecule has 13 heavy (non-hydrogen) atoms. The first-order valence-electron chi connectivity index (χ1n) is 3.19. The summed E-state index contributed by atoms with van der Waals surface area (Å²) in [5.74, 6) is -1.06. The molecule has 1 rings (SSSR count). The summed E-state index contributed by atoms with van der Waals surface area (Å²) in [4.78, 5) is 10.2. The molecule has 0 aromatic carbocycles. The van der Waals surface area contributed by atoms with E-state index in [1.165, 1.54) is 5.41 Å². The standard InChI is InChI=1S/C5H7NO5S2/c7-4(8)1-3-2-12-5(6-3)13(9,10)11/h2,5-6H,1H2,(H,7,8)(H,9,10,11). The number of nitrogens with one attached hydrogen (secondary N) is 1. The van der Waals surface area contributed by atoms with Crippen LogP contribution >= 0.6 is 11.8 Å². The SMILES string of the molecule is O=C(O)CC1=CSC(S(=O)(=O)O)N1. The van der Waals surface area contributed by atoms with E-state index in [1.54, 1.807) is 0 Å². The highest BCUT2D eigenvalue weighted by molar-refractivity contribution is 8.13. The second-order valence-electron chi connectivity index (χ2n) is 2.34. The van der Waals surface area contributed by atoms with Crippen LogP contribution in [0.25, 0.3) is 0 Å². The summed E-state index contributed by atoms with van der Waals surface area (Å²) in [5, 5.41) is 12.1. The van der Waals surface area contributed by atoms with Gasteiger partial charge < -0.3 is 10.4 Å². The van der Waals surface area contributed by atoms with Gasteiger partial charge >= 0.3 is 5.97 Å². The fourth-order valence-electron chi connectivity index (χ4n) is 0.764. The van der Waals surface area contributed by atoms with Gasteiger partial charge in [-0.15, -0.1) is 0 Å². The van der Waals surface area contributed by atoms with Crippen molar-refractivity contribution >= 4 is 27.8 Å². The van der Waals surface area contributed by atoms with Gasteiger partial charge in [0.1, 0.15) is 0 Å². The number of thioether (sulfide) groups is 1. The lowest BCUT2D eigenvalue weighted by Gasteiger charge is -2.07. The number of rotatable bonds is 3. The highest BCUT2D eigenvalue weighted by atomic mass is 32.3. The minimum absolute atomic E-state index is 0.278. The maximum absolute atomic E-state index is 10.6. The first-order valence-corrected chi connectivity index (χ1v) is 5.63. The minimum Gasteiger partial charge on any atom is -0.481 e. The molecule has 1 aliphatic heterocycles. The third-order valence-corrected chi connectivity index (χ3v) is 3.76. The molecule has 1 atom stereocenters. The van der Waals surface area contributed by atoms with Gasteiger partial charge in [0.05, 0.1) is 6.42 Å². The van der Waals surface area contributed by atoms with Crippen molar-refractivity contribution < 1.29 is 22.9 Å². The summed E-state index contributed by atoms with van der Waals surface area (Å²) < 4.78 is 28.5. The molecule has 0 aromatic heterocycles. The first kappa shape index (κ1) is 10.4. The molecule has 0 amide bonds. The normalized spacial score (nSPS) is 22.2. The maximum Gasteiger partial charge on any atom is 0.309 e. The van der Waals surface area contributed by atoms with Gasteiger partial charge in [-0.3, -0.25) is 9.35 Å². The van der Waals surface area contributed by atoms with Crippen LogP contribution in [0.3, 0.4) is 0 Å². The lowest BCUT2D eigenvalue weighted by molar-refractivity contribution is -0.136. The lowest BCUT2D eigenvalue weighted by Crippen LogP contribution is -2.29. The molecule has 6 nitrogen and oxygen atoms in total. The third-order valence-electron chi connectivity index (χ3n) is 1.25. The molecule has 0 radical (unpaired) electrons. The summed E-state index contributed by atoms with van der Waals surface area (Å²) in [6, 6.07) is 0. The zero-order valence-electron chi connectivity index (χ0n) is 6.30. The third kappa shape index (κ3) is 2.90. The average Bonchev–Trinajstić information content (AvgIpc) is 2.32. The molecular formula is C5H7NO5S2. The van der Waals surface area contributed by atoms with Crippen molar-refractivity contribution in [1.82, 2.24) is 5.32 Å². The molecule has 1 unspecified atom stereocenters. The number of aliphatic carboxylic acids is 1. The summed E-state index contributed by atoms with van der Waals surface area (Å²) >= 11 is 0.825. The van der Waals surface area contributed by atoms with Crippen molar-refractivity contribution in [3.05, 3.63) is 11.1 Å². The topological polar surface area (TPSA) is 104 Å².